The van der Waals surface area contributed by atoms with Gasteiger partial charge in [-0.05, 0) is 31.2 Å². The zero-order chi connectivity index (χ0) is 9.90. The molecule has 3 heteroatoms. The van der Waals surface area contributed by atoms with Crippen LogP contribution in [0.3, 0.4) is 0 Å². The second-order valence-electron chi connectivity index (χ2n) is 2.90. The molecule has 72 valence electrons. The molecule has 13 heavy (non-hydrogen) atoms. The molecule has 0 aliphatic heterocycles. The summed E-state index contributed by atoms with van der Waals surface area (Å²) in [6.45, 7) is 1.82. The largest absolute Gasteiger partial charge is 0.508 e. The summed E-state index contributed by atoms with van der Waals surface area (Å²) < 4.78 is 10.4. The van der Waals surface area contributed by atoms with Gasteiger partial charge in [0.2, 0.25) is 0 Å². The van der Waals surface area contributed by atoms with E-state index in [0.717, 1.165) is 5.56 Å². The van der Waals surface area contributed by atoms with Gasteiger partial charge in [0, 0.05) is 19.8 Å². The molecule has 0 saturated carbocycles. The summed E-state index contributed by atoms with van der Waals surface area (Å²) in [6.07, 6.45) is 0. The lowest BCUT2D eigenvalue weighted by Gasteiger charge is -2.26. The lowest BCUT2D eigenvalue weighted by Crippen LogP contribution is -2.26. The van der Waals surface area contributed by atoms with Gasteiger partial charge in [0.15, 0.2) is 5.79 Å². The summed E-state index contributed by atoms with van der Waals surface area (Å²) in [4.78, 5) is 0. The number of hydrogen-bond donors (Lipinski definition) is 1. The van der Waals surface area contributed by atoms with Crippen molar-refractivity contribution in [2.45, 2.75) is 12.7 Å². The molecule has 0 radical (unpaired) electrons. The Kier molecular flexibility index (Phi) is 2.90. The first kappa shape index (κ1) is 10.0. The number of rotatable bonds is 3. The van der Waals surface area contributed by atoms with E-state index in [4.69, 9.17) is 14.6 Å². The molecule has 0 aromatic heterocycles. The van der Waals surface area contributed by atoms with Crippen LogP contribution in [-0.2, 0) is 15.3 Å². The Morgan fingerprint density at radius 2 is 1.54 bits per heavy atom. The normalized spacial score (nSPS) is 11.6. The second kappa shape index (κ2) is 3.77. The smallest absolute Gasteiger partial charge is 0.191 e. The first-order chi connectivity index (χ1) is 6.12. The number of phenolic OH excluding ortho intramolecular Hbond substituents is 1. The molecule has 0 aliphatic carbocycles. The number of methoxy groups -OCH3 is 2. The lowest BCUT2D eigenvalue weighted by atomic mass is 10.1. The zero-order valence-corrected chi connectivity index (χ0v) is 8.07. The highest BCUT2D eigenvalue weighted by molar-refractivity contribution is 5.28. The van der Waals surface area contributed by atoms with Gasteiger partial charge in [-0.2, -0.15) is 0 Å². The van der Waals surface area contributed by atoms with Crippen molar-refractivity contribution in [2.75, 3.05) is 14.2 Å². The van der Waals surface area contributed by atoms with Crippen molar-refractivity contribution in [2.24, 2.45) is 0 Å². The molecular weight excluding hydrogens is 168 g/mol. The molecular formula is C10H14O3. The fraction of sp³-hybridized carbons (Fsp3) is 0.400. The van der Waals surface area contributed by atoms with E-state index in [-0.39, 0.29) is 5.75 Å². The predicted molar refractivity (Wildman–Crippen MR) is 49.5 cm³/mol. The number of ether oxygens (including phenoxy) is 2. The molecule has 0 saturated heterocycles. The summed E-state index contributed by atoms with van der Waals surface area (Å²) >= 11 is 0. The van der Waals surface area contributed by atoms with E-state index in [2.05, 4.69) is 0 Å². The van der Waals surface area contributed by atoms with Crippen LogP contribution in [0.2, 0.25) is 0 Å². The van der Waals surface area contributed by atoms with Crippen LogP contribution in [0.5, 0.6) is 5.75 Å². The van der Waals surface area contributed by atoms with Gasteiger partial charge < -0.3 is 14.6 Å². The van der Waals surface area contributed by atoms with Crippen molar-refractivity contribution in [1.29, 1.82) is 0 Å². The molecule has 1 aromatic carbocycles. The highest BCUT2D eigenvalue weighted by Crippen LogP contribution is 2.26. The van der Waals surface area contributed by atoms with E-state index in [0.29, 0.717) is 0 Å². The van der Waals surface area contributed by atoms with Gasteiger partial charge in [0.25, 0.3) is 0 Å². The molecule has 0 fully saturated rings. The molecule has 0 unspecified atom stereocenters. The predicted octanol–water partition coefficient (Wildman–Crippen LogP) is 1.86. The molecule has 0 bridgehead atoms. The molecule has 1 aromatic rings. The Bertz CT molecular complexity index is 262. The fourth-order valence-corrected chi connectivity index (χ4v) is 1.08. The average molecular weight is 182 g/mol. The Labute approximate surface area is 77.9 Å². The van der Waals surface area contributed by atoms with Crippen LogP contribution in [0, 0.1) is 0 Å². The second-order valence-corrected chi connectivity index (χ2v) is 2.90. The third kappa shape index (κ3) is 1.99. The van der Waals surface area contributed by atoms with Crippen molar-refractivity contribution in [3.8, 4) is 5.75 Å². The number of phenols is 1. The highest BCUT2D eigenvalue weighted by atomic mass is 16.7. The minimum absolute atomic E-state index is 0.235. The van der Waals surface area contributed by atoms with Gasteiger partial charge >= 0.3 is 0 Å². The standard InChI is InChI=1S/C10H14O3/c1-10(12-2,13-3)8-4-6-9(11)7-5-8/h4-7,11H,1-3H3. The number of hydrogen-bond acceptors (Lipinski definition) is 3. The summed E-state index contributed by atoms with van der Waals surface area (Å²) in [6, 6.07) is 6.74. The molecule has 1 N–H and O–H groups in total. The molecule has 0 atom stereocenters. The first-order valence-corrected chi connectivity index (χ1v) is 4.02. The van der Waals surface area contributed by atoms with E-state index >= 15 is 0 Å². The van der Waals surface area contributed by atoms with Crippen molar-refractivity contribution in [1.82, 2.24) is 0 Å². The van der Waals surface area contributed by atoms with Gasteiger partial charge in [0.1, 0.15) is 5.75 Å². The van der Waals surface area contributed by atoms with Crippen LogP contribution in [-0.4, -0.2) is 19.3 Å². The van der Waals surface area contributed by atoms with Gasteiger partial charge in [-0.25, -0.2) is 0 Å². The summed E-state index contributed by atoms with van der Waals surface area (Å²) in [7, 11) is 3.16. The molecule has 0 spiro atoms. The third-order valence-electron chi connectivity index (χ3n) is 2.17. The van der Waals surface area contributed by atoms with Crippen molar-refractivity contribution < 1.29 is 14.6 Å². The first-order valence-electron chi connectivity index (χ1n) is 4.02. The van der Waals surface area contributed by atoms with E-state index in [9.17, 15) is 0 Å². The van der Waals surface area contributed by atoms with Crippen LogP contribution >= 0.6 is 0 Å². The summed E-state index contributed by atoms with van der Waals surface area (Å²) in [5.74, 6) is -0.508. The number of aromatic hydroxyl groups is 1. The topological polar surface area (TPSA) is 38.7 Å². The number of benzene rings is 1. The Morgan fingerprint density at radius 3 is 1.92 bits per heavy atom. The quantitative estimate of drug-likeness (QED) is 0.725. The average Bonchev–Trinajstić information content (AvgIpc) is 2.18. The molecule has 0 amide bonds. The minimum atomic E-state index is -0.742. The lowest BCUT2D eigenvalue weighted by molar-refractivity contribution is -0.201. The summed E-state index contributed by atoms with van der Waals surface area (Å²) in [5.41, 5.74) is 0.871. The highest BCUT2D eigenvalue weighted by Gasteiger charge is 2.24. The van der Waals surface area contributed by atoms with Crippen molar-refractivity contribution >= 4 is 0 Å². The zero-order valence-electron chi connectivity index (χ0n) is 8.07. The Balaban J connectivity index is 2.99. The van der Waals surface area contributed by atoms with Crippen LogP contribution < -0.4 is 0 Å². The van der Waals surface area contributed by atoms with Crippen LogP contribution in [0.25, 0.3) is 0 Å². The van der Waals surface area contributed by atoms with Gasteiger partial charge in [0.05, 0.1) is 0 Å². The van der Waals surface area contributed by atoms with E-state index in [1.54, 1.807) is 38.5 Å². The fourth-order valence-electron chi connectivity index (χ4n) is 1.08. The van der Waals surface area contributed by atoms with Crippen LogP contribution in [0.4, 0.5) is 0 Å². The van der Waals surface area contributed by atoms with Crippen LogP contribution in [0.15, 0.2) is 24.3 Å². The molecule has 3 nitrogen and oxygen atoms in total. The minimum Gasteiger partial charge on any atom is -0.508 e. The maximum Gasteiger partial charge on any atom is 0.191 e. The van der Waals surface area contributed by atoms with Gasteiger partial charge in [-0.15, -0.1) is 0 Å². The van der Waals surface area contributed by atoms with E-state index in [1.807, 2.05) is 6.92 Å². The molecule has 0 aliphatic rings. The van der Waals surface area contributed by atoms with Crippen molar-refractivity contribution in [3.05, 3.63) is 29.8 Å². The maximum absolute atomic E-state index is 9.09. The SMILES string of the molecule is COC(C)(OC)c1ccc(O)cc1. The van der Waals surface area contributed by atoms with Gasteiger partial charge in [-0.3, -0.25) is 0 Å². The van der Waals surface area contributed by atoms with Gasteiger partial charge in [-0.1, -0.05) is 0 Å². The monoisotopic (exact) mass is 182 g/mol. The Morgan fingerprint density at radius 1 is 1.08 bits per heavy atom. The van der Waals surface area contributed by atoms with E-state index < -0.39 is 5.79 Å². The van der Waals surface area contributed by atoms with E-state index in [1.165, 1.54) is 0 Å². The molecule has 0 heterocycles. The maximum atomic E-state index is 9.09. The van der Waals surface area contributed by atoms with Crippen LogP contribution in [0.1, 0.15) is 12.5 Å². The third-order valence-corrected chi connectivity index (χ3v) is 2.17. The Hall–Kier alpha value is -1.06. The summed E-state index contributed by atoms with van der Waals surface area (Å²) in [5, 5.41) is 9.09. The van der Waals surface area contributed by atoms with Crippen molar-refractivity contribution in [3.63, 3.8) is 0 Å². The molecule has 1 rings (SSSR count).